The van der Waals surface area contributed by atoms with Crippen LogP contribution in [-0.4, -0.2) is 9.36 Å². The zero-order valence-corrected chi connectivity index (χ0v) is 10.1. The number of aromatic nitrogens is 2. The van der Waals surface area contributed by atoms with E-state index in [1.54, 1.807) is 6.07 Å². The molecular formula is C10H8N4S2. The number of nitrogens with zero attached hydrogens (tertiary/aromatic N) is 3. The summed E-state index contributed by atoms with van der Waals surface area (Å²) in [6, 6.07) is 7.44. The lowest BCUT2D eigenvalue weighted by atomic mass is 10.2. The van der Waals surface area contributed by atoms with Gasteiger partial charge in [-0.3, -0.25) is 0 Å². The molecule has 6 heteroatoms. The molecule has 0 fully saturated rings. The van der Waals surface area contributed by atoms with Crippen LogP contribution in [0.2, 0.25) is 0 Å². The Bertz CT molecular complexity index is 556. The van der Waals surface area contributed by atoms with Crippen molar-refractivity contribution in [2.24, 2.45) is 0 Å². The van der Waals surface area contributed by atoms with Crippen molar-refractivity contribution >= 4 is 29.0 Å². The maximum atomic E-state index is 8.85. The van der Waals surface area contributed by atoms with E-state index in [1.807, 2.05) is 19.1 Å². The molecule has 0 saturated heterocycles. The van der Waals surface area contributed by atoms with Crippen molar-refractivity contribution in [2.75, 3.05) is 5.73 Å². The highest BCUT2D eigenvalue weighted by atomic mass is 32.2. The van der Waals surface area contributed by atoms with Gasteiger partial charge in [0.05, 0.1) is 11.3 Å². The number of aryl methyl sites for hydroxylation is 1. The second kappa shape index (κ2) is 4.51. The quantitative estimate of drug-likeness (QED) is 0.826. The summed E-state index contributed by atoms with van der Waals surface area (Å²) in [6.45, 7) is 1.84. The molecule has 4 nitrogen and oxygen atoms in total. The van der Waals surface area contributed by atoms with Gasteiger partial charge in [-0.05, 0) is 30.6 Å². The highest BCUT2D eigenvalue weighted by Crippen LogP contribution is 2.34. The molecule has 0 aliphatic carbocycles. The van der Waals surface area contributed by atoms with E-state index in [0.717, 1.165) is 15.1 Å². The standard InChI is InChI=1S/C10H8N4S2/c1-6-13-10(16-14-6)15-8-4-2-3-7(5-11)9(8)12/h2-4H,12H2,1H3. The van der Waals surface area contributed by atoms with E-state index in [1.165, 1.54) is 23.3 Å². The van der Waals surface area contributed by atoms with Crippen LogP contribution in [0.1, 0.15) is 11.4 Å². The fraction of sp³-hybridized carbons (Fsp3) is 0.100. The Kier molecular flexibility index (Phi) is 3.08. The van der Waals surface area contributed by atoms with E-state index in [9.17, 15) is 0 Å². The first-order valence-corrected chi connectivity index (χ1v) is 6.06. The van der Waals surface area contributed by atoms with Crippen molar-refractivity contribution in [3.63, 3.8) is 0 Å². The van der Waals surface area contributed by atoms with E-state index in [4.69, 9.17) is 11.0 Å². The molecule has 2 N–H and O–H groups in total. The average Bonchev–Trinajstić information content (AvgIpc) is 2.67. The van der Waals surface area contributed by atoms with Gasteiger partial charge >= 0.3 is 0 Å². The predicted molar refractivity (Wildman–Crippen MR) is 64.3 cm³/mol. The first kappa shape index (κ1) is 10.9. The number of para-hydroxylation sites is 1. The van der Waals surface area contributed by atoms with Crippen LogP contribution >= 0.6 is 23.3 Å². The highest BCUT2D eigenvalue weighted by Gasteiger charge is 2.08. The smallest absolute Gasteiger partial charge is 0.174 e. The largest absolute Gasteiger partial charge is 0.397 e. The molecule has 0 amide bonds. The Morgan fingerprint density at radius 3 is 2.94 bits per heavy atom. The van der Waals surface area contributed by atoms with Crippen LogP contribution in [0.15, 0.2) is 27.4 Å². The summed E-state index contributed by atoms with van der Waals surface area (Å²) in [5.41, 5.74) is 6.86. The zero-order valence-electron chi connectivity index (χ0n) is 8.47. The summed E-state index contributed by atoms with van der Waals surface area (Å²) in [5, 5.41) is 8.85. The van der Waals surface area contributed by atoms with Crippen molar-refractivity contribution in [3.8, 4) is 6.07 Å². The number of anilines is 1. The number of rotatable bonds is 2. The van der Waals surface area contributed by atoms with Gasteiger partial charge < -0.3 is 5.73 Å². The number of hydrogen-bond acceptors (Lipinski definition) is 6. The normalized spacial score (nSPS) is 10.0. The molecule has 1 heterocycles. The number of hydrogen-bond donors (Lipinski definition) is 1. The predicted octanol–water partition coefficient (Wildman–Crippen LogP) is 2.45. The van der Waals surface area contributed by atoms with E-state index >= 15 is 0 Å². The third-order valence-electron chi connectivity index (χ3n) is 1.89. The van der Waals surface area contributed by atoms with E-state index in [-0.39, 0.29) is 0 Å². The van der Waals surface area contributed by atoms with Gasteiger partial charge in [-0.25, -0.2) is 4.98 Å². The van der Waals surface area contributed by atoms with E-state index in [2.05, 4.69) is 15.4 Å². The van der Waals surface area contributed by atoms with Gasteiger partial charge in [0.1, 0.15) is 11.9 Å². The minimum atomic E-state index is 0.492. The molecule has 0 atom stereocenters. The molecule has 0 aliphatic rings. The Morgan fingerprint density at radius 2 is 2.31 bits per heavy atom. The van der Waals surface area contributed by atoms with Crippen LogP contribution in [-0.2, 0) is 0 Å². The molecule has 0 spiro atoms. The zero-order chi connectivity index (χ0) is 11.5. The molecule has 0 bridgehead atoms. The van der Waals surface area contributed by atoms with E-state index < -0.39 is 0 Å². The molecule has 0 saturated carbocycles. The van der Waals surface area contributed by atoms with Gasteiger partial charge in [0.15, 0.2) is 4.34 Å². The Balaban J connectivity index is 2.32. The number of nitrogen functional groups attached to an aromatic ring is 1. The Hall–Kier alpha value is -1.58. The summed E-state index contributed by atoms with van der Waals surface area (Å²) >= 11 is 2.76. The summed E-state index contributed by atoms with van der Waals surface area (Å²) in [7, 11) is 0. The van der Waals surface area contributed by atoms with Crippen molar-refractivity contribution in [2.45, 2.75) is 16.2 Å². The van der Waals surface area contributed by atoms with Gasteiger partial charge in [0.2, 0.25) is 0 Å². The molecule has 2 aromatic rings. The molecule has 0 aliphatic heterocycles. The lowest BCUT2D eigenvalue weighted by Gasteiger charge is -2.03. The van der Waals surface area contributed by atoms with Crippen LogP contribution in [0.3, 0.4) is 0 Å². The molecule has 1 aromatic carbocycles. The van der Waals surface area contributed by atoms with Gasteiger partial charge in [-0.1, -0.05) is 17.8 Å². The highest BCUT2D eigenvalue weighted by molar-refractivity contribution is 8.01. The summed E-state index contributed by atoms with van der Waals surface area (Å²) < 4.78 is 4.92. The number of benzene rings is 1. The minimum Gasteiger partial charge on any atom is -0.397 e. The molecule has 0 radical (unpaired) electrons. The molecule has 0 unspecified atom stereocenters. The van der Waals surface area contributed by atoms with Crippen LogP contribution in [0.5, 0.6) is 0 Å². The van der Waals surface area contributed by atoms with Gasteiger partial charge in [-0.2, -0.15) is 9.64 Å². The molecule has 2 rings (SSSR count). The third-order valence-corrected chi connectivity index (χ3v) is 3.81. The fourth-order valence-electron chi connectivity index (χ4n) is 1.14. The lowest BCUT2D eigenvalue weighted by molar-refractivity contribution is 1.10. The number of nitrogens with two attached hydrogens (primary N) is 1. The van der Waals surface area contributed by atoms with Crippen LogP contribution in [0.25, 0.3) is 0 Å². The minimum absolute atomic E-state index is 0.492. The maximum Gasteiger partial charge on any atom is 0.174 e. The van der Waals surface area contributed by atoms with Crippen LogP contribution in [0.4, 0.5) is 5.69 Å². The summed E-state index contributed by atoms with van der Waals surface area (Å²) in [5.74, 6) is 0.752. The van der Waals surface area contributed by atoms with Gasteiger partial charge in [0.25, 0.3) is 0 Å². The van der Waals surface area contributed by atoms with Gasteiger partial charge in [-0.15, -0.1) is 0 Å². The van der Waals surface area contributed by atoms with Crippen LogP contribution in [0, 0.1) is 18.3 Å². The fourth-order valence-corrected chi connectivity index (χ4v) is 2.83. The molecule has 1 aromatic heterocycles. The first-order valence-electron chi connectivity index (χ1n) is 4.47. The maximum absolute atomic E-state index is 8.85. The van der Waals surface area contributed by atoms with Crippen molar-refractivity contribution in [1.29, 1.82) is 5.26 Å². The SMILES string of the molecule is Cc1nsc(Sc2cccc(C#N)c2N)n1. The van der Waals surface area contributed by atoms with Crippen molar-refractivity contribution in [1.82, 2.24) is 9.36 Å². The third kappa shape index (κ3) is 2.15. The van der Waals surface area contributed by atoms with E-state index in [0.29, 0.717) is 11.3 Å². The Labute approximate surface area is 101 Å². The summed E-state index contributed by atoms with van der Waals surface area (Å²) in [6.07, 6.45) is 0. The van der Waals surface area contributed by atoms with Crippen molar-refractivity contribution in [3.05, 3.63) is 29.6 Å². The lowest BCUT2D eigenvalue weighted by Crippen LogP contribution is -1.92. The second-order valence-corrected chi connectivity index (χ2v) is 5.08. The van der Waals surface area contributed by atoms with Crippen LogP contribution < -0.4 is 5.73 Å². The monoisotopic (exact) mass is 248 g/mol. The Morgan fingerprint density at radius 1 is 1.50 bits per heavy atom. The molecule has 16 heavy (non-hydrogen) atoms. The molecule has 80 valence electrons. The topological polar surface area (TPSA) is 75.6 Å². The summed E-state index contributed by atoms with van der Waals surface area (Å²) in [4.78, 5) is 5.08. The van der Waals surface area contributed by atoms with Gasteiger partial charge in [0, 0.05) is 4.90 Å². The number of nitriles is 1. The molecular weight excluding hydrogens is 240 g/mol. The van der Waals surface area contributed by atoms with Crippen molar-refractivity contribution < 1.29 is 0 Å². The average molecular weight is 248 g/mol. The first-order chi connectivity index (χ1) is 7.70. The second-order valence-electron chi connectivity index (χ2n) is 3.04.